The van der Waals surface area contributed by atoms with Crippen molar-refractivity contribution in [1.29, 1.82) is 0 Å². The maximum absolute atomic E-state index is 12.4. The van der Waals surface area contributed by atoms with Gasteiger partial charge in [0.1, 0.15) is 11.3 Å². The largest absolute Gasteiger partial charge is 0.438 e. The third-order valence-electron chi connectivity index (χ3n) is 3.72. The highest BCUT2D eigenvalue weighted by Gasteiger charge is 2.18. The van der Waals surface area contributed by atoms with Crippen LogP contribution in [0.25, 0.3) is 0 Å². The van der Waals surface area contributed by atoms with Gasteiger partial charge in [-0.1, -0.05) is 15.9 Å². The van der Waals surface area contributed by atoms with Crippen LogP contribution in [-0.2, 0) is 0 Å². The summed E-state index contributed by atoms with van der Waals surface area (Å²) in [5, 5.41) is 6.30. The van der Waals surface area contributed by atoms with Gasteiger partial charge < -0.3 is 15.4 Å². The lowest BCUT2D eigenvalue weighted by molar-refractivity contribution is 0.0947. The quantitative estimate of drug-likeness (QED) is 0.842. The van der Waals surface area contributed by atoms with Crippen LogP contribution in [-0.4, -0.2) is 30.0 Å². The molecule has 1 fully saturated rings. The molecule has 1 saturated heterocycles. The van der Waals surface area contributed by atoms with Crippen LogP contribution in [0.3, 0.4) is 0 Å². The summed E-state index contributed by atoms with van der Waals surface area (Å²) in [5.41, 5.74) is 0.438. The van der Waals surface area contributed by atoms with Gasteiger partial charge in [0.15, 0.2) is 0 Å². The topological polar surface area (TPSA) is 63.2 Å². The number of hydrogen-bond acceptors (Lipinski definition) is 4. The van der Waals surface area contributed by atoms with E-state index in [2.05, 4.69) is 31.5 Å². The Morgan fingerprint density at radius 3 is 2.91 bits per heavy atom. The summed E-state index contributed by atoms with van der Waals surface area (Å²) in [4.78, 5) is 16.6. The molecular weight excluding hydrogens is 358 g/mol. The number of carbonyl (C=O) groups excluding carboxylic acids is 1. The predicted octanol–water partition coefficient (Wildman–Crippen LogP) is 3.12. The molecule has 120 valence electrons. The Morgan fingerprint density at radius 1 is 1.35 bits per heavy atom. The Labute approximate surface area is 143 Å². The lowest BCUT2D eigenvalue weighted by atomic mass is 10.2. The van der Waals surface area contributed by atoms with Gasteiger partial charge in [-0.25, -0.2) is 4.98 Å². The van der Waals surface area contributed by atoms with Crippen molar-refractivity contribution < 1.29 is 9.53 Å². The van der Waals surface area contributed by atoms with E-state index in [1.54, 1.807) is 18.3 Å². The molecule has 1 unspecified atom stereocenters. The lowest BCUT2D eigenvalue weighted by Gasteiger charge is -2.13. The molecule has 0 aliphatic carbocycles. The number of hydrogen-bond donors (Lipinski definition) is 2. The van der Waals surface area contributed by atoms with Crippen molar-refractivity contribution in [3.8, 4) is 11.6 Å². The van der Waals surface area contributed by atoms with Gasteiger partial charge in [0.25, 0.3) is 5.91 Å². The average molecular weight is 376 g/mol. The molecule has 5 nitrogen and oxygen atoms in total. The van der Waals surface area contributed by atoms with E-state index in [-0.39, 0.29) is 5.91 Å². The van der Waals surface area contributed by atoms with Crippen molar-refractivity contribution in [1.82, 2.24) is 15.6 Å². The molecule has 0 radical (unpaired) electrons. The van der Waals surface area contributed by atoms with Gasteiger partial charge >= 0.3 is 0 Å². The molecule has 23 heavy (non-hydrogen) atoms. The highest BCUT2D eigenvalue weighted by Crippen LogP contribution is 2.24. The first-order valence-corrected chi connectivity index (χ1v) is 8.42. The summed E-state index contributed by atoms with van der Waals surface area (Å²) in [5.74, 6) is 0.782. The van der Waals surface area contributed by atoms with Crippen LogP contribution >= 0.6 is 15.9 Å². The van der Waals surface area contributed by atoms with Crippen LogP contribution < -0.4 is 15.4 Å². The second kappa shape index (κ2) is 7.57. The lowest BCUT2D eigenvalue weighted by Crippen LogP contribution is -2.37. The molecule has 6 heteroatoms. The Hall–Kier alpha value is -1.92. The Balaban J connectivity index is 1.69. The number of nitrogens with one attached hydrogen (secondary N) is 2. The smallest absolute Gasteiger partial charge is 0.256 e. The molecule has 0 saturated carbocycles. The number of halogens is 1. The number of aromatic nitrogens is 1. The van der Waals surface area contributed by atoms with Crippen molar-refractivity contribution in [2.24, 2.45) is 0 Å². The van der Waals surface area contributed by atoms with E-state index in [0.717, 1.165) is 23.9 Å². The van der Waals surface area contributed by atoms with Crippen molar-refractivity contribution in [2.45, 2.75) is 18.9 Å². The zero-order valence-electron chi connectivity index (χ0n) is 12.6. The summed E-state index contributed by atoms with van der Waals surface area (Å²) in [6, 6.07) is 11.2. The minimum Gasteiger partial charge on any atom is -0.438 e. The maximum atomic E-state index is 12.4. The van der Waals surface area contributed by atoms with E-state index in [0.29, 0.717) is 29.8 Å². The molecule has 1 aliphatic rings. The molecule has 0 spiro atoms. The zero-order chi connectivity index (χ0) is 16.1. The third-order valence-corrected chi connectivity index (χ3v) is 4.24. The number of nitrogens with zero attached hydrogens (tertiary/aromatic N) is 1. The summed E-state index contributed by atoms with van der Waals surface area (Å²) in [6.07, 6.45) is 3.87. The summed E-state index contributed by atoms with van der Waals surface area (Å²) >= 11 is 3.38. The number of benzene rings is 1. The Bertz CT molecular complexity index is 670. The summed E-state index contributed by atoms with van der Waals surface area (Å²) in [7, 11) is 0. The fourth-order valence-electron chi connectivity index (χ4n) is 2.50. The molecule has 2 aromatic rings. The Kier molecular flexibility index (Phi) is 5.25. The van der Waals surface area contributed by atoms with Gasteiger partial charge in [0.2, 0.25) is 5.88 Å². The third kappa shape index (κ3) is 4.30. The van der Waals surface area contributed by atoms with Gasteiger partial charge in [0, 0.05) is 23.3 Å². The number of rotatable bonds is 5. The second-order valence-electron chi connectivity index (χ2n) is 5.42. The summed E-state index contributed by atoms with van der Waals surface area (Å²) in [6.45, 7) is 1.64. The molecule has 2 heterocycles. The van der Waals surface area contributed by atoms with E-state index in [9.17, 15) is 4.79 Å². The van der Waals surface area contributed by atoms with Crippen LogP contribution in [0.5, 0.6) is 11.6 Å². The number of ether oxygens (including phenoxy) is 1. The molecule has 1 aromatic heterocycles. The first-order chi connectivity index (χ1) is 11.2. The van der Waals surface area contributed by atoms with Crippen molar-refractivity contribution in [2.75, 3.05) is 13.1 Å². The molecule has 1 aromatic carbocycles. The van der Waals surface area contributed by atoms with Crippen LogP contribution in [0.1, 0.15) is 23.2 Å². The van der Waals surface area contributed by atoms with Crippen LogP contribution in [0.15, 0.2) is 47.1 Å². The van der Waals surface area contributed by atoms with Crippen molar-refractivity contribution in [3.05, 3.63) is 52.6 Å². The van der Waals surface area contributed by atoms with Gasteiger partial charge in [-0.15, -0.1) is 0 Å². The van der Waals surface area contributed by atoms with Gasteiger partial charge in [-0.2, -0.15) is 0 Å². The first-order valence-electron chi connectivity index (χ1n) is 7.62. The van der Waals surface area contributed by atoms with E-state index >= 15 is 0 Å². The normalized spacial score (nSPS) is 17.0. The van der Waals surface area contributed by atoms with Gasteiger partial charge in [-0.3, -0.25) is 4.79 Å². The van der Waals surface area contributed by atoms with E-state index in [1.807, 2.05) is 24.3 Å². The van der Waals surface area contributed by atoms with Gasteiger partial charge in [-0.05, 0) is 55.8 Å². The number of carbonyl (C=O) groups is 1. The van der Waals surface area contributed by atoms with E-state index < -0.39 is 0 Å². The van der Waals surface area contributed by atoms with Crippen molar-refractivity contribution >= 4 is 21.8 Å². The maximum Gasteiger partial charge on any atom is 0.256 e. The number of pyridine rings is 1. The molecular formula is C17H18BrN3O2. The molecule has 0 bridgehead atoms. The second-order valence-corrected chi connectivity index (χ2v) is 6.33. The SMILES string of the molecule is O=C(NCC1CCCN1)c1cccnc1Oc1ccc(Br)cc1. The predicted molar refractivity (Wildman–Crippen MR) is 91.8 cm³/mol. The van der Waals surface area contributed by atoms with Crippen LogP contribution in [0, 0.1) is 0 Å². The first kappa shape index (κ1) is 16.0. The van der Waals surface area contributed by atoms with Crippen LogP contribution in [0.4, 0.5) is 0 Å². The van der Waals surface area contributed by atoms with Gasteiger partial charge in [0.05, 0.1) is 0 Å². The molecule has 3 rings (SSSR count). The molecule has 1 aliphatic heterocycles. The fraction of sp³-hybridized carbons (Fsp3) is 0.294. The summed E-state index contributed by atoms with van der Waals surface area (Å²) < 4.78 is 6.71. The Morgan fingerprint density at radius 2 is 2.17 bits per heavy atom. The van der Waals surface area contributed by atoms with E-state index in [4.69, 9.17) is 4.74 Å². The monoisotopic (exact) mass is 375 g/mol. The number of amides is 1. The molecule has 1 atom stereocenters. The average Bonchev–Trinajstić information content (AvgIpc) is 3.09. The van der Waals surface area contributed by atoms with Crippen LogP contribution in [0.2, 0.25) is 0 Å². The van der Waals surface area contributed by atoms with Crippen molar-refractivity contribution in [3.63, 3.8) is 0 Å². The van der Waals surface area contributed by atoms with E-state index in [1.165, 1.54) is 0 Å². The minimum absolute atomic E-state index is 0.168. The standard InChI is InChI=1S/C17H18BrN3O2/c18-12-5-7-14(8-6-12)23-17-15(4-2-10-20-17)16(22)21-11-13-3-1-9-19-13/h2,4-8,10,13,19H,1,3,9,11H2,(H,21,22). The molecule has 2 N–H and O–H groups in total. The minimum atomic E-state index is -0.168. The highest BCUT2D eigenvalue weighted by molar-refractivity contribution is 9.10. The molecule has 1 amide bonds. The zero-order valence-corrected chi connectivity index (χ0v) is 14.2. The fourth-order valence-corrected chi connectivity index (χ4v) is 2.77. The highest BCUT2D eigenvalue weighted by atomic mass is 79.9.